The summed E-state index contributed by atoms with van der Waals surface area (Å²) in [6.45, 7) is 0. The van der Waals surface area contributed by atoms with Crippen molar-refractivity contribution in [3.8, 4) is 0 Å². The fourth-order valence-corrected chi connectivity index (χ4v) is 1.07. The number of rotatable bonds is 2. The molecule has 1 N–H and O–H groups in total. The molecule has 0 saturated heterocycles. The van der Waals surface area contributed by atoms with E-state index in [-0.39, 0.29) is 6.32 Å². The van der Waals surface area contributed by atoms with Crippen LogP contribution in [-0.4, -0.2) is 18.5 Å². The average Bonchev–Trinajstić information content (AvgIpc) is 2.03. The highest BCUT2D eigenvalue weighted by atomic mass is 79.9. The summed E-state index contributed by atoms with van der Waals surface area (Å²) in [5.74, 6) is 0. The van der Waals surface area contributed by atoms with Gasteiger partial charge in [-0.15, -0.1) is 0 Å². The molecular formula is C7H6BBrN2. The highest BCUT2D eigenvalue weighted by Gasteiger charge is 1.97. The number of pyridine rings is 1. The monoisotopic (exact) mass is 208 g/mol. The van der Waals surface area contributed by atoms with E-state index in [2.05, 4.69) is 20.9 Å². The Kier molecular flexibility index (Phi) is 2.82. The van der Waals surface area contributed by atoms with Gasteiger partial charge in [0.15, 0.2) is 0 Å². The molecule has 2 radical (unpaired) electrons. The maximum absolute atomic E-state index is 7.40. The third-order valence-electron chi connectivity index (χ3n) is 1.28. The third kappa shape index (κ3) is 2.15. The molecule has 0 aromatic carbocycles. The van der Waals surface area contributed by atoms with Crippen molar-refractivity contribution in [3.63, 3.8) is 0 Å². The Morgan fingerprint density at radius 3 is 3.00 bits per heavy atom. The third-order valence-corrected chi connectivity index (χ3v) is 1.71. The predicted octanol–water partition coefficient (Wildman–Crippen LogP) is 1.80. The van der Waals surface area contributed by atoms with Crippen molar-refractivity contribution >= 4 is 29.5 Å². The summed E-state index contributed by atoms with van der Waals surface area (Å²) in [5.41, 5.74) is 1.24. The van der Waals surface area contributed by atoms with Crippen LogP contribution in [0.3, 0.4) is 0 Å². The highest BCUT2D eigenvalue weighted by Crippen LogP contribution is 2.09. The molecule has 0 fully saturated rings. The summed E-state index contributed by atoms with van der Waals surface area (Å²) in [4.78, 5) is 3.94. The molecule has 1 heterocycles. The summed E-state index contributed by atoms with van der Waals surface area (Å²) >= 11 is 3.21. The van der Waals surface area contributed by atoms with Gasteiger partial charge < -0.3 is 5.41 Å². The lowest BCUT2D eigenvalue weighted by molar-refractivity contribution is 1.26. The second-order valence-electron chi connectivity index (χ2n) is 2.05. The zero-order valence-corrected chi connectivity index (χ0v) is 7.43. The van der Waals surface area contributed by atoms with Crippen LogP contribution in [0.4, 0.5) is 0 Å². The van der Waals surface area contributed by atoms with Crippen molar-refractivity contribution in [1.29, 1.82) is 5.41 Å². The first-order valence-corrected chi connectivity index (χ1v) is 3.92. The number of halogens is 1. The lowest BCUT2D eigenvalue weighted by Gasteiger charge is -1.99. The van der Waals surface area contributed by atoms with E-state index in [9.17, 15) is 0 Å². The van der Waals surface area contributed by atoms with E-state index in [1.165, 1.54) is 0 Å². The summed E-state index contributed by atoms with van der Waals surface area (Å²) in [7, 11) is 5.29. The Hall–Kier alpha value is -0.635. The van der Waals surface area contributed by atoms with Crippen molar-refractivity contribution in [2.75, 3.05) is 0 Å². The van der Waals surface area contributed by atoms with Crippen LogP contribution in [-0.2, 0) is 0 Å². The van der Waals surface area contributed by atoms with Crippen LogP contribution in [0.25, 0.3) is 0 Å². The van der Waals surface area contributed by atoms with Crippen LogP contribution in [0.2, 0.25) is 6.32 Å². The molecule has 1 aromatic heterocycles. The van der Waals surface area contributed by atoms with Crippen LogP contribution in [0, 0.1) is 5.41 Å². The van der Waals surface area contributed by atoms with E-state index in [0.29, 0.717) is 5.71 Å². The van der Waals surface area contributed by atoms with E-state index in [1.807, 2.05) is 0 Å². The van der Waals surface area contributed by atoms with Gasteiger partial charge in [-0.3, -0.25) is 0 Å². The molecule has 0 aliphatic carbocycles. The predicted molar refractivity (Wildman–Crippen MR) is 49.3 cm³/mol. The first-order chi connectivity index (χ1) is 5.24. The van der Waals surface area contributed by atoms with Crippen molar-refractivity contribution in [2.45, 2.75) is 6.32 Å². The molecule has 2 nitrogen and oxygen atoms in total. The minimum Gasteiger partial charge on any atom is -0.305 e. The Morgan fingerprint density at radius 1 is 1.73 bits per heavy atom. The lowest BCUT2D eigenvalue weighted by Crippen LogP contribution is -1.97. The van der Waals surface area contributed by atoms with Gasteiger partial charge in [0, 0.05) is 11.9 Å². The minimum absolute atomic E-state index is 0.260. The number of nitrogens with zero attached hydrogens (tertiary/aromatic N) is 1. The molecule has 0 unspecified atom stereocenters. The molecule has 0 spiro atoms. The second kappa shape index (κ2) is 3.67. The first-order valence-electron chi connectivity index (χ1n) is 3.13. The smallest absolute Gasteiger partial charge is 0.106 e. The fourth-order valence-electron chi connectivity index (χ4n) is 0.708. The van der Waals surface area contributed by atoms with Gasteiger partial charge in [0.05, 0.1) is 7.85 Å². The van der Waals surface area contributed by atoms with Crippen LogP contribution >= 0.6 is 15.9 Å². The van der Waals surface area contributed by atoms with Gasteiger partial charge in [-0.2, -0.15) is 0 Å². The van der Waals surface area contributed by atoms with Crippen molar-refractivity contribution < 1.29 is 0 Å². The molecule has 0 aliphatic rings. The Bertz CT molecular complexity index is 275. The van der Waals surface area contributed by atoms with Gasteiger partial charge in [0.1, 0.15) is 4.60 Å². The molecule has 0 aliphatic heterocycles. The zero-order valence-electron chi connectivity index (χ0n) is 5.84. The van der Waals surface area contributed by atoms with E-state index >= 15 is 0 Å². The van der Waals surface area contributed by atoms with Crippen LogP contribution in [0.1, 0.15) is 5.56 Å². The molecule has 11 heavy (non-hydrogen) atoms. The van der Waals surface area contributed by atoms with Gasteiger partial charge in [0.2, 0.25) is 0 Å². The van der Waals surface area contributed by atoms with E-state index in [0.717, 1.165) is 10.2 Å². The second-order valence-corrected chi connectivity index (χ2v) is 2.86. The fraction of sp³-hybridized carbons (Fsp3) is 0.143. The summed E-state index contributed by atoms with van der Waals surface area (Å²) in [5, 5.41) is 7.40. The SMILES string of the molecule is [B]CC(=N)c1ccnc(Br)c1. The number of hydrogen-bond donors (Lipinski definition) is 1. The molecule has 0 saturated carbocycles. The molecule has 1 rings (SSSR count). The van der Waals surface area contributed by atoms with Gasteiger partial charge in [-0.25, -0.2) is 4.98 Å². The first kappa shape index (κ1) is 8.46. The topological polar surface area (TPSA) is 36.7 Å². The van der Waals surface area contributed by atoms with Crippen molar-refractivity contribution in [1.82, 2.24) is 4.98 Å². The maximum Gasteiger partial charge on any atom is 0.106 e. The normalized spacial score (nSPS) is 9.55. The Balaban J connectivity index is 2.96. The Morgan fingerprint density at radius 2 is 2.45 bits per heavy atom. The van der Waals surface area contributed by atoms with E-state index < -0.39 is 0 Å². The average molecular weight is 209 g/mol. The number of hydrogen-bond acceptors (Lipinski definition) is 2. The maximum atomic E-state index is 7.40. The molecule has 0 bridgehead atoms. The quantitative estimate of drug-likeness (QED) is 0.449. The van der Waals surface area contributed by atoms with E-state index in [1.54, 1.807) is 18.3 Å². The van der Waals surface area contributed by atoms with Crippen LogP contribution in [0.5, 0.6) is 0 Å². The van der Waals surface area contributed by atoms with Gasteiger partial charge in [-0.1, -0.05) is 0 Å². The molecule has 54 valence electrons. The van der Waals surface area contributed by atoms with Gasteiger partial charge >= 0.3 is 0 Å². The Labute approximate surface area is 75.1 Å². The molecule has 0 amide bonds. The summed E-state index contributed by atoms with van der Waals surface area (Å²) < 4.78 is 0.730. The minimum atomic E-state index is 0.260. The zero-order chi connectivity index (χ0) is 8.27. The molecule has 0 atom stereocenters. The largest absolute Gasteiger partial charge is 0.305 e. The van der Waals surface area contributed by atoms with E-state index in [4.69, 9.17) is 13.3 Å². The number of aromatic nitrogens is 1. The number of nitrogens with one attached hydrogen (secondary N) is 1. The van der Waals surface area contributed by atoms with Crippen molar-refractivity contribution in [2.24, 2.45) is 0 Å². The van der Waals surface area contributed by atoms with Crippen LogP contribution in [0.15, 0.2) is 22.9 Å². The molecular weight excluding hydrogens is 203 g/mol. The molecule has 4 heteroatoms. The molecule has 1 aromatic rings. The lowest BCUT2D eigenvalue weighted by atomic mass is 9.96. The van der Waals surface area contributed by atoms with Crippen molar-refractivity contribution in [3.05, 3.63) is 28.5 Å². The van der Waals surface area contributed by atoms with Gasteiger partial charge in [-0.05, 0) is 39.9 Å². The standard InChI is InChI=1S/C7H6BBrN2/c8-4-6(10)5-1-2-11-7(9)3-5/h1-3,10H,4H2. The highest BCUT2D eigenvalue weighted by molar-refractivity contribution is 9.10. The summed E-state index contributed by atoms with van der Waals surface area (Å²) in [6, 6.07) is 3.54. The van der Waals surface area contributed by atoms with Gasteiger partial charge in [0.25, 0.3) is 0 Å². The summed E-state index contributed by atoms with van der Waals surface area (Å²) in [6.07, 6.45) is 1.90. The van der Waals surface area contributed by atoms with Crippen LogP contribution < -0.4 is 0 Å².